The van der Waals surface area contributed by atoms with Gasteiger partial charge in [-0.3, -0.25) is 4.79 Å². The van der Waals surface area contributed by atoms with Crippen molar-refractivity contribution in [2.75, 3.05) is 31.1 Å². The number of amides is 1. The molecule has 2 aromatic carbocycles. The normalized spacial score (nSPS) is 14.7. The molecule has 5 nitrogen and oxygen atoms in total. The quantitative estimate of drug-likeness (QED) is 0.537. The van der Waals surface area contributed by atoms with Crippen LogP contribution in [0.3, 0.4) is 0 Å². The molecule has 8 heteroatoms. The molecule has 0 atom stereocenters. The van der Waals surface area contributed by atoms with E-state index in [9.17, 15) is 18.0 Å². The van der Waals surface area contributed by atoms with E-state index in [1.807, 2.05) is 32.0 Å². The highest BCUT2D eigenvalue weighted by atomic mass is 19.4. The zero-order valence-corrected chi connectivity index (χ0v) is 19.3. The van der Waals surface area contributed by atoms with Crippen molar-refractivity contribution in [2.45, 2.75) is 32.9 Å². The van der Waals surface area contributed by atoms with Crippen LogP contribution in [0.5, 0.6) is 0 Å². The molecule has 34 heavy (non-hydrogen) atoms. The van der Waals surface area contributed by atoms with Crippen LogP contribution < -0.4 is 4.90 Å². The predicted molar refractivity (Wildman–Crippen MR) is 125 cm³/mol. The van der Waals surface area contributed by atoms with Crippen LogP contribution in [0, 0.1) is 13.8 Å². The van der Waals surface area contributed by atoms with Crippen LogP contribution in [-0.4, -0.2) is 47.0 Å². The van der Waals surface area contributed by atoms with E-state index in [0.717, 1.165) is 42.2 Å². The van der Waals surface area contributed by atoms with Crippen molar-refractivity contribution in [2.24, 2.45) is 0 Å². The largest absolute Gasteiger partial charge is 0.416 e. The van der Waals surface area contributed by atoms with E-state index in [1.165, 1.54) is 17.7 Å². The Morgan fingerprint density at radius 1 is 0.912 bits per heavy atom. The molecule has 0 N–H and O–H groups in total. The average Bonchev–Trinajstić information content (AvgIpc) is 3.07. The van der Waals surface area contributed by atoms with E-state index < -0.39 is 11.7 Å². The van der Waals surface area contributed by atoms with Gasteiger partial charge in [0.15, 0.2) is 0 Å². The molecule has 0 radical (unpaired) electrons. The van der Waals surface area contributed by atoms with Gasteiger partial charge < -0.3 is 9.80 Å². The molecule has 1 aromatic heterocycles. The van der Waals surface area contributed by atoms with E-state index in [2.05, 4.69) is 22.0 Å². The highest BCUT2D eigenvalue weighted by molar-refractivity contribution is 5.94. The number of carbonyl (C=O) groups is 1. The maximum absolute atomic E-state index is 13.0. The lowest BCUT2D eigenvalue weighted by Gasteiger charge is -2.26. The number of nitrogens with zero attached hydrogens (tertiary/aromatic N) is 4. The molecule has 1 saturated heterocycles. The third kappa shape index (κ3) is 5.38. The third-order valence-corrected chi connectivity index (χ3v) is 6.07. The zero-order valence-electron chi connectivity index (χ0n) is 19.3. The van der Waals surface area contributed by atoms with Crippen molar-refractivity contribution < 1.29 is 18.0 Å². The third-order valence-electron chi connectivity index (χ3n) is 6.07. The SMILES string of the molecule is Cc1nc(C)c(Cc2ccccc2)c(N2CCCN(C(=O)c3ccc(C(F)(F)F)cc3)CC2)n1. The predicted octanol–water partition coefficient (Wildman–Crippen LogP) is 5.06. The van der Waals surface area contributed by atoms with E-state index in [-0.39, 0.29) is 11.5 Å². The number of hydrogen-bond donors (Lipinski definition) is 0. The second-order valence-corrected chi connectivity index (χ2v) is 8.53. The second kappa shape index (κ2) is 9.83. The van der Waals surface area contributed by atoms with Gasteiger partial charge in [0.05, 0.1) is 5.56 Å². The lowest BCUT2D eigenvalue weighted by molar-refractivity contribution is -0.137. The standard InChI is InChI=1S/C26H27F3N4O/c1-18-23(17-20-7-4-3-5-8-20)24(31-19(2)30-18)32-13-6-14-33(16-15-32)25(34)21-9-11-22(12-10-21)26(27,28)29/h3-5,7-12H,6,13-17H2,1-2H3. The van der Waals surface area contributed by atoms with Crippen molar-refractivity contribution in [1.82, 2.24) is 14.9 Å². The van der Waals surface area contributed by atoms with Crippen LogP contribution in [0.15, 0.2) is 54.6 Å². The topological polar surface area (TPSA) is 49.3 Å². The van der Waals surface area contributed by atoms with Crippen molar-refractivity contribution in [3.8, 4) is 0 Å². The fraction of sp³-hybridized carbons (Fsp3) is 0.346. The Morgan fingerprint density at radius 2 is 1.62 bits per heavy atom. The molecule has 1 fully saturated rings. The molecule has 0 unspecified atom stereocenters. The first-order chi connectivity index (χ1) is 16.2. The van der Waals surface area contributed by atoms with E-state index in [1.54, 1.807) is 4.90 Å². The molecule has 2 heterocycles. The van der Waals surface area contributed by atoms with Gasteiger partial charge in [-0.1, -0.05) is 30.3 Å². The van der Waals surface area contributed by atoms with Gasteiger partial charge in [0.1, 0.15) is 11.6 Å². The van der Waals surface area contributed by atoms with Gasteiger partial charge in [-0.15, -0.1) is 0 Å². The van der Waals surface area contributed by atoms with Crippen molar-refractivity contribution >= 4 is 11.7 Å². The molecule has 178 valence electrons. The summed E-state index contributed by atoms with van der Waals surface area (Å²) in [5.74, 6) is 1.33. The summed E-state index contributed by atoms with van der Waals surface area (Å²) in [5, 5.41) is 0. The number of aromatic nitrogens is 2. The Kier molecular flexibility index (Phi) is 6.86. The van der Waals surface area contributed by atoms with Gasteiger partial charge in [-0.25, -0.2) is 9.97 Å². The van der Waals surface area contributed by atoms with Gasteiger partial charge in [0.25, 0.3) is 5.91 Å². The smallest absolute Gasteiger partial charge is 0.354 e. The maximum Gasteiger partial charge on any atom is 0.416 e. The molecular weight excluding hydrogens is 441 g/mol. The molecular formula is C26H27F3N4O. The summed E-state index contributed by atoms with van der Waals surface area (Å²) in [5.41, 5.74) is 2.69. The first-order valence-electron chi connectivity index (χ1n) is 11.3. The number of anilines is 1. The Balaban J connectivity index is 1.52. The average molecular weight is 469 g/mol. The Morgan fingerprint density at radius 3 is 2.29 bits per heavy atom. The first-order valence-corrected chi connectivity index (χ1v) is 11.3. The summed E-state index contributed by atoms with van der Waals surface area (Å²) in [6, 6.07) is 14.6. The van der Waals surface area contributed by atoms with E-state index in [4.69, 9.17) is 4.98 Å². The first kappa shape index (κ1) is 23.7. The minimum atomic E-state index is -4.42. The van der Waals surface area contributed by atoms with Crippen LogP contribution >= 0.6 is 0 Å². The Labute approximate surface area is 197 Å². The number of rotatable bonds is 4. The maximum atomic E-state index is 13.0. The van der Waals surface area contributed by atoms with Crippen LogP contribution in [0.25, 0.3) is 0 Å². The number of carbonyl (C=O) groups excluding carboxylic acids is 1. The van der Waals surface area contributed by atoms with Crippen molar-refractivity contribution in [3.05, 3.63) is 88.4 Å². The summed E-state index contributed by atoms with van der Waals surface area (Å²) in [4.78, 5) is 26.2. The summed E-state index contributed by atoms with van der Waals surface area (Å²) >= 11 is 0. The molecule has 0 bridgehead atoms. The monoisotopic (exact) mass is 468 g/mol. The number of alkyl halides is 3. The van der Waals surface area contributed by atoms with Crippen LogP contribution in [0.2, 0.25) is 0 Å². The van der Waals surface area contributed by atoms with Crippen molar-refractivity contribution in [3.63, 3.8) is 0 Å². The Bertz CT molecular complexity index is 1150. The van der Waals surface area contributed by atoms with Gasteiger partial charge >= 0.3 is 6.18 Å². The number of benzene rings is 2. The van der Waals surface area contributed by atoms with E-state index >= 15 is 0 Å². The summed E-state index contributed by atoms with van der Waals surface area (Å²) in [6.45, 7) is 6.19. The highest BCUT2D eigenvalue weighted by Crippen LogP contribution is 2.29. The van der Waals surface area contributed by atoms with E-state index in [0.29, 0.717) is 31.9 Å². The van der Waals surface area contributed by atoms with Crippen LogP contribution in [0.4, 0.5) is 19.0 Å². The molecule has 0 spiro atoms. The fourth-order valence-corrected chi connectivity index (χ4v) is 4.30. The lowest BCUT2D eigenvalue weighted by Crippen LogP contribution is -2.35. The van der Waals surface area contributed by atoms with Crippen LogP contribution in [-0.2, 0) is 12.6 Å². The molecule has 1 amide bonds. The molecule has 1 aliphatic heterocycles. The molecule has 1 aliphatic rings. The summed E-state index contributed by atoms with van der Waals surface area (Å²) in [7, 11) is 0. The minimum absolute atomic E-state index is 0.255. The molecule has 3 aromatic rings. The van der Waals surface area contributed by atoms with Gasteiger partial charge in [-0.05, 0) is 50.1 Å². The highest BCUT2D eigenvalue weighted by Gasteiger charge is 2.31. The second-order valence-electron chi connectivity index (χ2n) is 8.53. The summed E-state index contributed by atoms with van der Waals surface area (Å²) < 4.78 is 38.5. The molecule has 0 saturated carbocycles. The summed E-state index contributed by atoms with van der Waals surface area (Å²) in [6.07, 6.45) is -2.97. The van der Waals surface area contributed by atoms with Gasteiger partial charge in [0.2, 0.25) is 0 Å². The number of hydrogen-bond acceptors (Lipinski definition) is 4. The van der Waals surface area contributed by atoms with Crippen LogP contribution in [0.1, 0.15) is 45.0 Å². The minimum Gasteiger partial charge on any atom is -0.354 e. The Hall–Kier alpha value is -3.42. The zero-order chi connectivity index (χ0) is 24.3. The number of halogens is 3. The van der Waals surface area contributed by atoms with Gasteiger partial charge in [0, 0.05) is 49.4 Å². The number of aryl methyl sites for hydroxylation is 2. The van der Waals surface area contributed by atoms with Crippen molar-refractivity contribution in [1.29, 1.82) is 0 Å². The molecule has 0 aliphatic carbocycles. The fourth-order valence-electron chi connectivity index (χ4n) is 4.30. The lowest BCUT2D eigenvalue weighted by atomic mass is 10.0. The molecule has 4 rings (SSSR count). The van der Waals surface area contributed by atoms with Gasteiger partial charge in [-0.2, -0.15) is 13.2 Å².